The number of rotatable bonds is 9. The van der Waals surface area contributed by atoms with Gasteiger partial charge in [-0.2, -0.15) is 0 Å². The predicted octanol–water partition coefficient (Wildman–Crippen LogP) is 3.90. The van der Waals surface area contributed by atoms with Crippen LogP contribution in [0.1, 0.15) is 40.0 Å². The second kappa shape index (κ2) is 9.40. The van der Waals surface area contributed by atoms with Gasteiger partial charge in [-0.1, -0.05) is 33.3 Å². The molecular formula is C17H28N2O2. The minimum atomic E-state index is -0.138. The fourth-order valence-electron chi connectivity index (χ4n) is 2.23. The van der Waals surface area contributed by atoms with Crippen LogP contribution in [-0.2, 0) is 9.53 Å². The van der Waals surface area contributed by atoms with Crippen LogP contribution in [0.15, 0.2) is 24.3 Å². The Morgan fingerprint density at radius 1 is 1.24 bits per heavy atom. The second-order valence-electron chi connectivity index (χ2n) is 5.56. The van der Waals surface area contributed by atoms with Crippen molar-refractivity contribution in [3.8, 4) is 0 Å². The number of benzene rings is 1. The molecule has 21 heavy (non-hydrogen) atoms. The molecule has 4 nitrogen and oxygen atoms in total. The fraction of sp³-hybridized carbons (Fsp3) is 0.588. The van der Waals surface area contributed by atoms with Crippen LogP contribution in [0, 0.1) is 5.92 Å². The molecule has 0 aliphatic carbocycles. The van der Waals surface area contributed by atoms with E-state index in [4.69, 9.17) is 4.74 Å². The lowest BCUT2D eigenvalue weighted by Crippen LogP contribution is -2.21. The van der Waals surface area contributed by atoms with Crippen molar-refractivity contribution in [2.24, 2.45) is 5.92 Å². The molecule has 0 aliphatic heterocycles. The van der Waals surface area contributed by atoms with Crippen LogP contribution in [0.2, 0.25) is 0 Å². The summed E-state index contributed by atoms with van der Waals surface area (Å²) in [7, 11) is 1.51. The molecule has 2 atom stereocenters. The third-order valence-corrected chi connectivity index (χ3v) is 3.67. The average molecular weight is 292 g/mol. The van der Waals surface area contributed by atoms with E-state index in [1.165, 1.54) is 13.5 Å². The number of carbonyl (C=O) groups excluding carboxylic acids is 1. The fourth-order valence-corrected chi connectivity index (χ4v) is 2.23. The number of methoxy groups -OCH3 is 1. The molecule has 0 bridgehead atoms. The SMILES string of the molecule is CCC(C)CC(CC)Nc1cccc(NC(=O)COC)c1. The van der Waals surface area contributed by atoms with Crippen molar-refractivity contribution in [2.75, 3.05) is 24.4 Å². The first-order valence-corrected chi connectivity index (χ1v) is 7.74. The monoisotopic (exact) mass is 292 g/mol. The third kappa shape index (κ3) is 6.63. The number of hydrogen-bond acceptors (Lipinski definition) is 3. The molecule has 0 fully saturated rings. The lowest BCUT2D eigenvalue weighted by atomic mass is 9.97. The maximum atomic E-state index is 11.5. The topological polar surface area (TPSA) is 50.4 Å². The van der Waals surface area contributed by atoms with Crippen molar-refractivity contribution in [3.05, 3.63) is 24.3 Å². The van der Waals surface area contributed by atoms with Gasteiger partial charge < -0.3 is 15.4 Å². The summed E-state index contributed by atoms with van der Waals surface area (Å²) in [5, 5.41) is 6.38. The number of carbonyl (C=O) groups is 1. The maximum Gasteiger partial charge on any atom is 0.250 e. The van der Waals surface area contributed by atoms with Crippen molar-refractivity contribution < 1.29 is 9.53 Å². The molecule has 1 amide bonds. The van der Waals surface area contributed by atoms with Crippen LogP contribution in [0.4, 0.5) is 11.4 Å². The zero-order valence-corrected chi connectivity index (χ0v) is 13.6. The van der Waals surface area contributed by atoms with Gasteiger partial charge in [0.2, 0.25) is 5.91 Å². The van der Waals surface area contributed by atoms with Crippen LogP contribution < -0.4 is 10.6 Å². The Balaban J connectivity index is 2.64. The lowest BCUT2D eigenvalue weighted by Gasteiger charge is -2.21. The summed E-state index contributed by atoms with van der Waals surface area (Å²) < 4.78 is 4.82. The van der Waals surface area contributed by atoms with E-state index in [1.54, 1.807) is 0 Å². The van der Waals surface area contributed by atoms with Gasteiger partial charge in [-0.15, -0.1) is 0 Å². The zero-order valence-electron chi connectivity index (χ0n) is 13.6. The minimum Gasteiger partial charge on any atom is -0.382 e. The molecule has 4 heteroatoms. The van der Waals surface area contributed by atoms with Gasteiger partial charge in [0.25, 0.3) is 0 Å². The summed E-state index contributed by atoms with van der Waals surface area (Å²) in [6, 6.07) is 8.29. The van der Waals surface area contributed by atoms with Crippen LogP contribution >= 0.6 is 0 Å². The molecule has 0 saturated heterocycles. The molecule has 1 rings (SSSR count). The summed E-state index contributed by atoms with van der Waals surface area (Å²) >= 11 is 0. The molecule has 1 aromatic rings. The molecule has 0 saturated carbocycles. The quantitative estimate of drug-likeness (QED) is 0.726. The number of amides is 1. The normalized spacial score (nSPS) is 13.5. The molecule has 0 spiro atoms. The van der Waals surface area contributed by atoms with Gasteiger partial charge in [-0.3, -0.25) is 4.79 Å². The maximum absolute atomic E-state index is 11.5. The highest BCUT2D eigenvalue weighted by atomic mass is 16.5. The molecular weight excluding hydrogens is 264 g/mol. The van der Waals surface area contributed by atoms with E-state index in [2.05, 4.69) is 31.4 Å². The van der Waals surface area contributed by atoms with Crippen LogP contribution in [-0.4, -0.2) is 25.7 Å². The molecule has 1 aromatic carbocycles. The van der Waals surface area contributed by atoms with Crippen molar-refractivity contribution in [1.29, 1.82) is 0 Å². The molecule has 118 valence electrons. The number of ether oxygens (including phenoxy) is 1. The Bertz CT molecular complexity index is 435. The standard InChI is InChI=1S/C17H28N2O2/c1-5-13(3)10-14(6-2)18-15-8-7-9-16(11-15)19-17(20)12-21-4/h7-9,11,13-14,18H,5-6,10,12H2,1-4H3,(H,19,20). The Morgan fingerprint density at radius 2 is 1.95 bits per heavy atom. The first kappa shape index (κ1) is 17.5. The second-order valence-corrected chi connectivity index (χ2v) is 5.56. The highest BCUT2D eigenvalue weighted by Gasteiger charge is 2.10. The minimum absolute atomic E-state index is 0.0727. The Hall–Kier alpha value is -1.55. The number of hydrogen-bond donors (Lipinski definition) is 2. The first-order chi connectivity index (χ1) is 10.1. The molecule has 0 aliphatic rings. The Kier molecular flexibility index (Phi) is 7.83. The molecule has 0 heterocycles. The third-order valence-electron chi connectivity index (χ3n) is 3.67. The van der Waals surface area contributed by atoms with Gasteiger partial charge in [0, 0.05) is 24.5 Å². The smallest absolute Gasteiger partial charge is 0.250 e. The van der Waals surface area contributed by atoms with E-state index >= 15 is 0 Å². The average Bonchev–Trinajstić information content (AvgIpc) is 2.46. The lowest BCUT2D eigenvalue weighted by molar-refractivity contribution is -0.119. The van der Waals surface area contributed by atoms with Gasteiger partial charge in [-0.05, 0) is 37.0 Å². The van der Waals surface area contributed by atoms with Gasteiger partial charge in [-0.25, -0.2) is 0 Å². The van der Waals surface area contributed by atoms with Crippen molar-refractivity contribution in [1.82, 2.24) is 0 Å². The summed E-state index contributed by atoms with van der Waals surface area (Å²) in [4.78, 5) is 11.5. The van der Waals surface area contributed by atoms with E-state index in [0.717, 1.165) is 24.2 Å². The van der Waals surface area contributed by atoms with Crippen LogP contribution in [0.3, 0.4) is 0 Å². The first-order valence-electron chi connectivity index (χ1n) is 7.74. The molecule has 2 unspecified atom stereocenters. The van der Waals surface area contributed by atoms with Crippen molar-refractivity contribution >= 4 is 17.3 Å². The Morgan fingerprint density at radius 3 is 2.57 bits per heavy atom. The highest BCUT2D eigenvalue weighted by Crippen LogP contribution is 2.20. The molecule has 0 aromatic heterocycles. The van der Waals surface area contributed by atoms with Gasteiger partial charge in [0.1, 0.15) is 6.61 Å². The van der Waals surface area contributed by atoms with Gasteiger partial charge >= 0.3 is 0 Å². The Labute approximate surface area is 128 Å². The van der Waals surface area contributed by atoms with E-state index in [-0.39, 0.29) is 12.5 Å². The van der Waals surface area contributed by atoms with Crippen LogP contribution in [0.5, 0.6) is 0 Å². The summed E-state index contributed by atoms with van der Waals surface area (Å²) in [5.74, 6) is 0.577. The van der Waals surface area contributed by atoms with E-state index in [1.807, 2.05) is 24.3 Å². The zero-order chi connectivity index (χ0) is 15.7. The van der Waals surface area contributed by atoms with E-state index < -0.39 is 0 Å². The van der Waals surface area contributed by atoms with Crippen molar-refractivity contribution in [3.63, 3.8) is 0 Å². The van der Waals surface area contributed by atoms with E-state index in [9.17, 15) is 4.79 Å². The highest BCUT2D eigenvalue weighted by molar-refractivity contribution is 5.92. The molecule has 0 radical (unpaired) electrons. The number of anilines is 2. The predicted molar refractivity (Wildman–Crippen MR) is 88.7 cm³/mol. The van der Waals surface area contributed by atoms with Gasteiger partial charge in [0.05, 0.1) is 0 Å². The largest absolute Gasteiger partial charge is 0.382 e. The van der Waals surface area contributed by atoms with Crippen LogP contribution in [0.25, 0.3) is 0 Å². The summed E-state index contributed by atoms with van der Waals surface area (Å²) in [6.07, 6.45) is 3.45. The number of nitrogens with one attached hydrogen (secondary N) is 2. The van der Waals surface area contributed by atoms with Crippen molar-refractivity contribution in [2.45, 2.75) is 46.1 Å². The van der Waals surface area contributed by atoms with Gasteiger partial charge in [0.15, 0.2) is 0 Å². The summed E-state index contributed by atoms with van der Waals surface area (Å²) in [6.45, 7) is 6.78. The van der Waals surface area contributed by atoms with E-state index in [0.29, 0.717) is 12.0 Å². The molecule has 2 N–H and O–H groups in total. The summed E-state index contributed by atoms with van der Waals surface area (Å²) in [5.41, 5.74) is 1.83.